The van der Waals surface area contributed by atoms with Crippen LogP contribution in [0.3, 0.4) is 0 Å². The van der Waals surface area contributed by atoms with Gasteiger partial charge in [0, 0.05) is 28.9 Å². The van der Waals surface area contributed by atoms with Crippen molar-refractivity contribution >= 4 is 11.3 Å². The Morgan fingerprint density at radius 3 is 2.35 bits per heavy atom. The van der Waals surface area contributed by atoms with Crippen molar-refractivity contribution in [1.29, 1.82) is 0 Å². The maximum absolute atomic E-state index is 3.69. The molecular formula is C17H24N2S. The molecule has 0 radical (unpaired) electrons. The fourth-order valence-corrected chi connectivity index (χ4v) is 3.18. The van der Waals surface area contributed by atoms with Gasteiger partial charge < -0.3 is 10.2 Å². The summed E-state index contributed by atoms with van der Waals surface area (Å²) in [6, 6.07) is 15.6. The fraction of sp³-hybridized carbons (Fsp3) is 0.412. The molecule has 1 unspecified atom stereocenters. The molecule has 1 N–H and O–H groups in total. The molecule has 0 aliphatic rings. The normalized spacial score (nSPS) is 12.8. The number of nitrogens with one attached hydrogen (secondary N) is 1. The van der Waals surface area contributed by atoms with E-state index in [4.69, 9.17) is 0 Å². The van der Waals surface area contributed by atoms with Gasteiger partial charge in [-0.15, -0.1) is 11.3 Å². The van der Waals surface area contributed by atoms with Crippen molar-refractivity contribution in [1.82, 2.24) is 10.2 Å². The summed E-state index contributed by atoms with van der Waals surface area (Å²) in [5, 5.41) is 3.69. The standard InChI is InChI=1S/C17H24N2S/c1-4-15-10-11-16(20-15)12-18-17(13-19(2)3)14-8-6-5-7-9-14/h5-11,17-18H,4,12-13H2,1-3H3. The highest BCUT2D eigenvalue weighted by Crippen LogP contribution is 2.19. The van der Waals surface area contributed by atoms with E-state index < -0.39 is 0 Å². The third kappa shape index (κ3) is 4.44. The molecule has 3 heteroatoms. The molecule has 0 spiro atoms. The van der Waals surface area contributed by atoms with Gasteiger partial charge in [0.05, 0.1) is 0 Å². The van der Waals surface area contributed by atoms with Gasteiger partial charge in [-0.3, -0.25) is 0 Å². The summed E-state index contributed by atoms with van der Waals surface area (Å²) in [7, 11) is 4.25. The lowest BCUT2D eigenvalue weighted by atomic mass is 10.1. The van der Waals surface area contributed by atoms with Crippen molar-refractivity contribution in [3.05, 3.63) is 57.8 Å². The van der Waals surface area contributed by atoms with Crippen molar-refractivity contribution in [3.8, 4) is 0 Å². The van der Waals surface area contributed by atoms with Crippen LogP contribution >= 0.6 is 11.3 Å². The van der Waals surface area contributed by atoms with Crippen LogP contribution in [-0.2, 0) is 13.0 Å². The van der Waals surface area contributed by atoms with Gasteiger partial charge in [-0.25, -0.2) is 0 Å². The van der Waals surface area contributed by atoms with Gasteiger partial charge in [0.1, 0.15) is 0 Å². The number of thiophene rings is 1. The van der Waals surface area contributed by atoms with E-state index in [0.29, 0.717) is 6.04 Å². The molecule has 0 saturated heterocycles. The molecule has 0 aliphatic heterocycles. The van der Waals surface area contributed by atoms with Gasteiger partial charge >= 0.3 is 0 Å². The van der Waals surface area contributed by atoms with Gasteiger partial charge in [0.25, 0.3) is 0 Å². The molecule has 0 bridgehead atoms. The topological polar surface area (TPSA) is 15.3 Å². The van der Waals surface area contributed by atoms with Gasteiger partial charge in [-0.05, 0) is 38.2 Å². The number of rotatable bonds is 7. The highest BCUT2D eigenvalue weighted by Gasteiger charge is 2.12. The van der Waals surface area contributed by atoms with E-state index in [1.54, 1.807) is 0 Å². The molecule has 20 heavy (non-hydrogen) atoms. The highest BCUT2D eigenvalue weighted by molar-refractivity contribution is 7.11. The van der Waals surface area contributed by atoms with E-state index in [1.165, 1.54) is 15.3 Å². The zero-order valence-electron chi connectivity index (χ0n) is 12.6. The molecule has 0 fully saturated rings. The van der Waals surface area contributed by atoms with E-state index in [-0.39, 0.29) is 0 Å². The minimum absolute atomic E-state index is 0.373. The van der Waals surface area contributed by atoms with E-state index in [2.05, 4.69) is 73.7 Å². The van der Waals surface area contributed by atoms with Crippen LogP contribution in [0.1, 0.15) is 28.3 Å². The Morgan fingerprint density at radius 2 is 1.75 bits per heavy atom. The van der Waals surface area contributed by atoms with Gasteiger partial charge in [-0.1, -0.05) is 37.3 Å². The molecule has 0 saturated carbocycles. The highest BCUT2D eigenvalue weighted by atomic mass is 32.1. The Labute approximate surface area is 126 Å². The summed E-state index contributed by atoms with van der Waals surface area (Å²) in [5.41, 5.74) is 1.36. The molecule has 108 valence electrons. The van der Waals surface area contributed by atoms with Crippen LogP contribution in [0.4, 0.5) is 0 Å². The maximum Gasteiger partial charge on any atom is 0.0451 e. The van der Waals surface area contributed by atoms with Crippen LogP contribution in [0.25, 0.3) is 0 Å². The number of likely N-dealkylation sites (N-methyl/N-ethyl adjacent to an activating group) is 1. The monoisotopic (exact) mass is 288 g/mol. The van der Waals surface area contributed by atoms with Gasteiger partial charge in [-0.2, -0.15) is 0 Å². The average Bonchev–Trinajstić information content (AvgIpc) is 2.92. The number of nitrogens with zero attached hydrogens (tertiary/aromatic N) is 1. The van der Waals surface area contributed by atoms with Crippen LogP contribution in [0, 0.1) is 0 Å². The molecule has 0 aliphatic carbocycles. The Morgan fingerprint density at radius 1 is 1.05 bits per heavy atom. The number of benzene rings is 1. The molecule has 1 aromatic carbocycles. The lowest BCUT2D eigenvalue weighted by Crippen LogP contribution is -2.30. The molecule has 2 nitrogen and oxygen atoms in total. The molecule has 1 atom stereocenters. The van der Waals surface area contributed by atoms with Crippen LogP contribution in [0.5, 0.6) is 0 Å². The predicted octanol–water partition coefficient (Wildman–Crippen LogP) is 3.70. The first kappa shape index (κ1) is 15.2. The molecule has 2 aromatic rings. The summed E-state index contributed by atoms with van der Waals surface area (Å²) in [6.07, 6.45) is 1.13. The minimum Gasteiger partial charge on any atom is -0.308 e. The minimum atomic E-state index is 0.373. The smallest absolute Gasteiger partial charge is 0.0451 e. The van der Waals surface area contributed by atoms with Crippen molar-refractivity contribution in [3.63, 3.8) is 0 Å². The quantitative estimate of drug-likeness (QED) is 0.835. The zero-order valence-corrected chi connectivity index (χ0v) is 13.4. The first-order valence-electron chi connectivity index (χ1n) is 7.19. The number of hydrogen-bond donors (Lipinski definition) is 1. The number of hydrogen-bond acceptors (Lipinski definition) is 3. The Balaban J connectivity index is 2.01. The van der Waals surface area contributed by atoms with Crippen molar-refractivity contribution in [2.45, 2.75) is 25.9 Å². The Kier molecular flexibility index (Phi) is 5.77. The van der Waals surface area contributed by atoms with Crippen LogP contribution in [0.2, 0.25) is 0 Å². The maximum atomic E-state index is 3.69. The molecular weight excluding hydrogens is 264 g/mol. The molecule has 0 amide bonds. The second-order valence-corrected chi connectivity index (χ2v) is 6.58. The molecule has 1 heterocycles. The number of aryl methyl sites for hydroxylation is 1. The summed E-state index contributed by atoms with van der Waals surface area (Å²) in [6.45, 7) is 4.16. The van der Waals surface area contributed by atoms with Crippen LogP contribution < -0.4 is 5.32 Å². The largest absolute Gasteiger partial charge is 0.308 e. The van der Waals surface area contributed by atoms with E-state index in [1.807, 2.05) is 11.3 Å². The van der Waals surface area contributed by atoms with Crippen molar-refractivity contribution in [2.24, 2.45) is 0 Å². The van der Waals surface area contributed by atoms with E-state index >= 15 is 0 Å². The second-order valence-electron chi connectivity index (χ2n) is 5.33. The second kappa shape index (κ2) is 7.58. The first-order valence-corrected chi connectivity index (χ1v) is 8.01. The Bertz CT molecular complexity index is 505. The van der Waals surface area contributed by atoms with Gasteiger partial charge in [0.15, 0.2) is 0 Å². The zero-order chi connectivity index (χ0) is 14.4. The SMILES string of the molecule is CCc1ccc(CNC(CN(C)C)c2ccccc2)s1. The summed E-state index contributed by atoms with van der Waals surface area (Å²) < 4.78 is 0. The molecule has 2 rings (SSSR count). The summed E-state index contributed by atoms with van der Waals surface area (Å²) in [4.78, 5) is 5.11. The average molecular weight is 288 g/mol. The fourth-order valence-electron chi connectivity index (χ4n) is 2.27. The van der Waals surface area contributed by atoms with Gasteiger partial charge in [0.2, 0.25) is 0 Å². The first-order chi connectivity index (χ1) is 9.69. The van der Waals surface area contributed by atoms with Crippen LogP contribution in [0.15, 0.2) is 42.5 Å². The molecule has 1 aromatic heterocycles. The van der Waals surface area contributed by atoms with E-state index in [9.17, 15) is 0 Å². The van der Waals surface area contributed by atoms with E-state index in [0.717, 1.165) is 19.5 Å². The summed E-state index contributed by atoms with van der Waals surface area (Å²) in [5.74, 6) is 0. The third-order valence-electron chi connectivity index (χ3n) is 3.34. The lowest BCUT2D eigenvalue weighted by molar-refractivity contribution is 0.341. The van der Waals surface area contributed by atoms with Crippen molar-refractivity contribution < 1.29 is 0 Å². The van der Waals surface area contributed by atoms with Crippen molar-refractivity contribution in [2.75, 3.05) is 20.6 Å². The summed E-state index contributed by atoms with van der Waals surface area (Å²) >= 11 is 1.91. The predicted molar refractivity (Wildman–Crippen MR) is 88.3 cm³/mol. The lowest BCUT2D eigenvalue weighted by Gasteiger charge is -2.22. The Hall–Kier alpha value is -1.16. The third-order valence-corrected chi connectivity index (χ3v) is 4.57. The van der Waals surface area contributed by atoms with Crippen LogP contribution in [-0.4, -0.2) is 25.5 Å².